The molecule has 1 heterocycles. The summed E-state index contributed by atoms with van der Waals surface area (Å²) in [7, 11) is 0. The molecule has 0 bridgehead atoms. The van der Waals surface area contributed by atoms with Gasteiger partial charge in [-0.25, -0.2) is 4.99 Å². The minimum Gasteiger partial charge on any atom is -0.357 e. The van der Waals surface area contributed by atoms with E-state index in [0.717, 1.165) is 37.9 Å². The molecule has 1 saturated carbocycles. The number of rotatable bonds is 6. The first-order valence-corrected chi connectivity index (χ1v) is 10.1. The predicted molar refractivity (Wildman–Crippen MR) is 108 cm³/mol. The van der Waals surface area contributed by atoms with Crippen molar-refractivity contribution in [2.45, 2.75) is 51.6 Å². The van der Waals surface area contributed by atoms with Crippen LogP contribution in [0.15, 0.2) is 29.3 Å². The van der Waals surface area contributed by atoms with Crippen molar-refractivity contribution in [3.63, 3.8) is 0 Å². The number of carbonyl (C=O) groups excluding carboxylic acids is 1. The zero-order valence-electron chi connectivity index (χ0n) is 16.4. The highest BCUT2D eigenvalue weighted by molar-refractivity contribution is 5.81. The van der Waals surface area contributed by atoms with Gasteiger partial charge in [-0.1, -0.05) is 25.0 Å². The van der Waals surface area contributed by atoms with Gasteiger partial charge in [0, 0.05) is 43.7 Å². The molecule has 2 fully saturated rings. The van der Waals surface area contributed by atoms with Crippen molar-refractivity contribution in [1.29, 1.82) is 0 Å². The normalized spacial score (nSPS) is 20.4. The van der Waals surface area contributed by atoms with Crippen molar-refractivity contribution in [2.75, 3.05) is 19.6 Å². The monoisotopic (exact) mass is 387 g/mol. The van der Waals surface area contributed by atoms with Crippen LogP contribution < -0.4 is 10.6 Å². The standard InChI is InChI=1S/C20H29N5O3/c1-2-21-20(22-13-15-6-5-9-18(12-15)25(27)28)23-17-10-11-24(14-17)19(26)16-7-3-4-8-16/h5-6,9,12,16-17H,2-4,7-8,10-11,13-14H2,1H3,(H2,21,22,23). The molecule has 8 nitrogen and oxygen atoms in total. The summed E-state index contributed by atoms with van der Waals surface area (Å²) in [5, 5.41) is 17.5. The highest BCUT2D eigenvalue weighted by atomic mass is 16.6. The quantitative estimate of drug-likeness (QED) is 0.338. The molecule has 1 aromatic carbocycles. The Hall–Kier alpha value is -2.64. The molecule has 1 aliphatic carbocycles. The zero-order valence-corrected chi connectivity index (χ0v) is 16.4. The third-order valence-electron chi connectivity index (χ3n) is 5.43. The highest BCUT2D eigenvalue weighted by Gasteiger charge is 2.32. The molecule has 0 spiro atoms. The molecule has 0 radical (unpaired) electrons. The number of aliphatic imine (C=N–C) groups is 1. The fourth-order valence-electron chi connectivity index (χ4n) is 3.96. The second kappa shape index (κ2) is 9.52. The number of nitrogens with zero attached hydrogens (tertiary/aromatic N) is 3. The van der Waals surface area contributed by atoms with Crippen molar-refractivity contribution in [3.05, 3.63) is 39.9 Å². The number of carbonyl (C=O) groups is 1. The number of hydrogen-bond acceptors (Lipinski definition) is 4. The van der Waals surface area contributed by atoms with Crippen molar-refractivity contribution < 1.29 is 9.72 Å². The van der Waals surface area contributed by atoms with Crippen LogP contribution in [0.1, 0.15) is 44.6 Å². The fraction of sp³-hybridized carbons (Fsp3) is 0.600. The van der Waals surface area contributed by atoms with Crippen LogP contribution in [-0.4, -0.2) is 47.4 Å². The average molecular weight is 387 g/mol. The van der Waals surface area contributed by atoms with Gasteiger partial charge in [-0.15, -0.1) is 0 Å². The second-order valence-corrected chi connectivity index (χ2v) is 7.52. The van der Waals surface area contributed by atoms with Gasteiger partial charge in [-0.2, -0.15) is 0 Å². The molecule has 1 aromatic rings. The Morgan fingerprint density at radius 1 is 1.32 bits per heavy atom. The molecule has 3 rings (SSSR count). The number of nitrogens with one attached hydrogen (secondary N) is 2. The Balaban J connectivity index is 1.57. The molecule has 1 unspecified atom stereocenters. The Morgan fingerprint density at radius 2 is 2.11 bits per heavy atom. The maximum atomic E-state index is 12.6. The lowest BCUT2D eigenvalue weighted by molar-refractivity contribution is -0.384. The first kappa shape index (κ1) is 20.1. The lowest BCUT2D eigenvalue weighted by Gasteiger charge is -2.21. The Kier molecular flexibility index (Phi) is 6.84. The molecule has 2 N–H and O–H groups in total. The van der Waals surface area contributed by atoms with Gasteiger partial charge in [-0.3, -0.25) is 14.9 Å². The summed E-state index contributed by atoms with van der Waals surface area (Å²) >= 11 is 0. The Bertz CT molecular complexity index is 730. The predicted octanol–water partition coefficient (Wildman–Crippen LogP) is 2.44. The number of nitro benzene ring substituents is 1. The molecular weight excluding hydrogens is 358 g/mol. The summed E-state index contributed by atoms with van der Waals surface area (Å²) in [6.45, 7) is 4.57. The third-order valence-corrected chi connectivity index (χ3v) is 5.43. The van der Waals surface area contributed by atoms with Gasteiger partial charge in [0.2, 0.25) is 5.91 Å². The summed E-state index contributed by atoms with van der Waals surface area (Å²) in [5.74, 6) is 1.20. The van der Waals surface area contributed by atoms with Crippen LogP contribution in [0, 0.1) is 16.0 Å². The van der Waals surface area contributed by atoms with E-state index < -0.39 is 4.92 Å². The maximum absolute atomic E-state index is 12.6. The lowest BCUT2D eigenvalue weighted by atomic mass is 10.1. The average Bonchev–Trinajstić information content (AvgIpc) is 3.38. The minimum absolute atomic E-state index is 0.0718. The summed E-state index contributed by atoms with van der Waals surface area (Å²) in [4.78, 5) is 29.7. The maximum Gasteiger partial charge on any atom is 0.269 e. The van der Waals surface area contributed by atoms with Crippen molar-refractivity contribution in [1.82, 2.24) is 15.5 Å². The smallest absolute Gasteiger partial charge is 0.269 e. The van der Waals surface area contributed by atoms with Crippen molar-refractivity contribution in [2.24, 2.45) is 10.9 Å². The molecule has 152 valence electrons. The van der Waals surface area contributed by atoms with E-state index >= 15 is 0 Å². The zero-order chi connectivity index (χ0) is 19.9. The van der Waals surface area contributed by atoms with E-state index in [-0.39, 0.29) is 17.6 Å². The topological polar surface area (TPSA) is 99.9 Å². The SMILES string of the molecule is CCNC(=NCc1cccc([N+](=O)[O-])c1)NC1CCN(C(=O)C2CCCC2)C1. The number of benzene rings is 1. The number of nitro groups is 1. The van der Waals surface area contributed by atoms with Crippen molar-refractivity contribution >= 4 is 17.6 Å². The lowest BCUT2D eigenvalue weighted by Crippen LogP contribution is -2.45. The molecule has 1 atom stereocenters. The molecule has 28 heavy (non-hydrogen) atoms. The number of non-ortho nitro benzene ring substituents is 1. The number of likely N-dealkylation sites (tertiary alicyclic amines) is 1. The first-order valence-electron chi connectivity index (χ1n) is 10.1. The molecule has 8 heteroatoms. The van der Waals surface area contributed by atoms with Gasteiger partial charge in [-0.05, 0) is 31.7 Å². The van der Waals surface area contributed by atoms with E-state index in [1.807, 2.05) is 17.9 Å². The number of hydrogen-bond donors (Lipinski definition) is 2. The summed E-state index contributed by atoms with van der Waals surface area (Å²) in [5.41, 5.74) is 0.860. The first-order chi connectivity index (χ1) is 13.6. The molecule has 1 saturated heterocycles. The van der Waals surface area contributed by atoms with E-state index in [0.29, 0.717) is 25.0 Å². The van der Waals surface area contributed by atoms with Crippen LogP contribution >= 0.6 is 0 Å². The summed E-state index contributed by atoms with van der Waals surface area (Å²) in [6, 6.07) is 6.70. The molecular formula is C20H29N5O3. The number of amides is 1. The Labute approximate surface area is 165 Å². The van der Waals surface area contributed by atoms with E-state index in [9.17, 15) is 14.9 Å². The van der Waals surface area contributed by atoms with Gasteiger partial charge in [0.25, 0.3) is 5.69 Å². The van der Waals surface area contributed by atoms with Gasteiger partial charge < -0.3 is 15.5 Å². The van der Waals surface area contributed by atoms with Crippen LogP contribution in [0.5, 0.6) is 0 Å². The minimum atomic E-state index is -0.398. The van der Waals surface area contributed by atoms with Crippen LogP contribution in [-0.2, 0) is 11.3 Å². The highest BCUT2D eigenvalue weighted by Crippen LogP contribution is 2.27. The summed E-state index contributed by atoms with van der Waals surface area (Å²) < 4.78 is 0. The van der Waals surface area contributed by atoms with Gasteiger partial charge in [0.15, 0.2) is 5.96 Å². The third kappa shape index (κ3) is 5.21. The van der Waals surface area contributed by atoms with E-state index in [4.69, 9.17) is 0 Å². The molecule has 0 aromatic heterocycles. The summed E-state index contributed by atoms with van der Waals surface area (Å²) in [6.07, 6.45) is 5.29. The van der Waals surface area contributed by atoms with E-state index in [1.54, 1.807) is 12.1 Å². The van der Waals surface area contributed by atoms with Crippen molar-refractivity contribution in [3.8, 4) is 0 Å². The second-order valence-electron chi connectivity index (χ2n) is 7.52. The molecule has 2 aliphatic rings. The largest absolute Gasteiger partial charge is 0.357 e. The molecule has 1 aliphatic heterocycles. The fourth-order valence-corrected chi connectivity index (χ4v) is 3.96. The van der Waals surface area contributed by atoms with E-state index in [2.05, 4.69) is 15.6 Å². The van der Waals surface area contributed by atoms with Gasteiger partial charge in [0.1, 0.15) is 0 Å². The van der Waals surface area contributed by atoms with Crippen LogP contribution in [0.3, 0.4) is 0 Å². The van der Waals surface area contributed by atoms with Gasteiger partial charge >= 0.3 is 0 Å². The Morgan fingerprint density at radius 3 is 2.82 bits per heavy atom. The van der Waals surface area contributed by atoms with Crippen LogP contribution in [0.25, 0.3) is 0 Å². The number of guanidine groups is 1. The van der Waals surface area contributed by atoms with Crippen LogP contribution in [0.4, 0.5) is 5.69 Å². The van der Waals surface area contributed by atoms with Gasteiger partial charge in [0.05, 0.1) is 11.5 Å². The molecule has 1 amide bonds. The van der Waals surface area contributed by atoms with E-state index in [1.165, 1.54) is 18.9 Å². The van der Waals surface area contributed by atoms with Crippen LogP contribution in [0.2, 0.25) is 0 Å².